The fourth-order valence-electron chi connectivity index (χ4n) is 1.64. The number of benzene rings is 1. The molecule has 0 saturated carbocycles. The van der Waals surface area contributed by atoms with E-state index in [1.807, 2.05) is 18.2 Å². The van der Waals surface area contributed by atoms with Crippen LogP contribution in [0.5, 0.6) is 0 Å². The van der Waals surface area contributed by atoms with E-state index in [1.54, 1.807) is 23.5 Å². The van der Waals surface area contributed by atoms with Crippen molar-refractivity contribution in [2.45, 2.75) is 6.42 Å². The Morgan fingerprint density at radius 1 is 1.24 bits per heavy atom. The minimum atomic E-state index is -0.350. The van der Waals surface area contributed by atoms with Gasteiger partial charge in [0.05, 0.1) is 10.5 Å². The Labute approximate surface area is 103 Å². The quantitative estimate of drug-likeness (QED) is 0.668. The molecule has 0 spiro atoms. The number of hydrogen-bond acceptors (Lipinski definition) is 4. The van der Waals surface area contributed by atoms with E-state index >= 15 is 0 Å². The first-order valence-electron chi connectivity index (χ1n) is 5.25. The lowest BCUT2D eigenvalue weighted by Gasteiger charge is -1.99. The van der Waals surface area contributed by atoms with Crippen molar-refractivity contribution >= 4 is 17.0 Å². The van der Waals surface area contributed by atoms with E-state index in [4.69, 9.17) is 5.73 Å². The van der Waals surface area contributed by atoms with Crippen molar-refractivity contribution in [2.24, 2.45) is 5.73 Å². The zero-order valence-electron chi connectivity index (χ0n) is 9.13. The molecular formula is C12H12N2O2S. The first-order chi connectivity index (χ1) is 8.22. The highest BCUT2D eigenvalue weighted by Gasteiger charge is 2.15. The molecule has 0 bridgehead atoms. The number of nitro groups is 1. The van der Waals surface area contributed by atoms with Gasteiger partial charge in [-0.25, -0.2) is 0 Å². The van der Waals surface area contributed by atoms with Gasteiger partial charge in [0.15, 0.2) is 0 Å². The summed E-state index contributed by atoms with van der Waals surface area (Å²) in [5.41, 5.74) is 6.30. The maximum Gasteiger partial charge on any atom is 0.278 e. The molecular weight excluding hydrogens is 236 g/mol. The molecule has 2 N–H and O–H groups in total. The number of nitro benzene ring substituents is 1. The fraction of sp³-hybridized carbons (Fsp3) is 0.167. The summed E-state index contributed by atoms with van der Waals surface area (Å²) in [4.78, 5) is 12.6. The molecule has 1 aromatic carbocycles. The predicted octanol–water partition coefficient (Wildman–Crippen LogP) is 2.82. The summed E-state index contributed by atoms with van der Waals surface area (Å²) >= 11 is 1.56. The first-order valence-corrected chi connectivity index (χ1v) is 6.06. The molecule has 0 aliphatic heterocycles. The summed E-state index contributed by atoms with van der Waals surface area (Å²) in [6.07, 6.45) is 0.811. The van der Waals surface area contributed by atoms with E-state index in [-0.39, 0.29) is 10.6 Å². The molecule has 0 amide bonds. The molecule has 88 valence electrons. The second-order valence-electron chi connectivity index (χ2n) is 3.58. The monoisotopic (exact) mass is 248 g/mol. The van der Waals surface area contributed by atoms with Crippen molar-refractivity contribution in [1.29, 1.82) is 0 Å². The van der Waals surface area contributed by atoms with Gasteiger partial charge in [-0.1, -0.05) is 12.1 Å². The second-order valence-corrected chi connectivity index (χ2v) is 4.75. The number of rotatable bonds is 4. The number of thiophene rings is 1. The Morgan fingerprint density at radius 2 is 2.00 bits per heavy atom. The van der Waals surface area contributed by atoms with Crippen molar-refractivity contribution in [2.75, 3.05) is 6.54 Å². The summed E-state index contributed by atoms with van der Waals surface area (Å²) in [6.45, 7) is 0.594. The van der Waals surface area contributed by atoms with Gasteiger partial charge in [0.1, 0.15) is 0 Å². The Morgan fingerprint density at radius 3 is 2.71 bits per heavy atom. The van der Waals surface area contributed by atoms with Crippen LogP contribution in [0.2, 0.25) is 0 Å². The molecule has 0 radical (unpaired) electrons. The zero-order chi connectivity index (χ0) is 12.3. The van der Waals surface area contributed by atoms with E-state index in [1.165, 1.54) is 6.07 Å². The molecule has 0 saturated heterocycles. The molecule has 0 atom stereocenters. The third-order valence-electron chi connectivity index (χ3n) is 2.42. The van der Waals surface area contributed by atoms with Crippen LogP contribution in [0.3, 0.4) is 0 Å². The molecule has 1 heterocycles. The topological polar surface area (TPSA) is 69.2 Å². The number of nitrogens with two attached hydrogens (primary N) is 1. The molecule has 5 heteroatoms. The Bertz CT molecular complexity index is 537. The highest BCUT2D eigenvalue weighted by molar-refractivity contribution is 7.15. The molecule has 0 aliphatic rings. The third-order valence-corrected chi connectivity index (χ3v) is 3.60. The Kier molecular flexibility index (Phi) is 3.51. The van der Waals surface area contributed by atoms with Gasteiger partial charge < -0.3 is 5.73 Å². The summed E-state index contributed by atoms with van der Waals surface area (Å²) in [6, 6.07) is 10.7. The van der Waals surface area contributed by atoms with E-state index in [0.717, 1.165) is 16.2 Å². The lowest BCUT2D eigenvalue weighted by atomic mass is 10.1. The van der Waals surface area contributed by atoms with Crippen LogP contribution in [-0.2, 0) is 6.42 Å². The van der Waals surface area contributed by atoms with Gasteiger partial charge >= 0.3 is 0 Å². The number of para-hydroxylation sites is 1. The number of hydrogen-bond donors (Lipinski definition) is 1. The van der Waals surface area contributed by atoms with Gasteiger partial charge in [0, 0.05) is 15.8 Å². The molecule has 0 fully saturated rings. The van der Waals surface area contributed by atoms with Crippen LogP contribution in [-0.4, -0.2) is 11.5 Å². The minimum absolute atomic E-state index is 0.147. The SMILES string of the molecule is NCCc1ccc(-c2ccccc2[N+](=O)[O-])s1. The van der Waals surface area contributed by atoms with Gasteiger partial charge in [-0.05, 0) is 31.2 Å². The van der Waals surface area contributed by atoms with Crippen molar-refractivity contribution in [3.63, 3.8) is 0 Å². The van der Waals surface area contributed by atoms with Crippen LogP contribution in [0.4, 0.5) is 5.69 Å². The van der Waals surface area contributed by atoms with Gasteiger partial charge in [0.25, 0.3) is 5.69 Å². The fourth-order valence-corrected chi connectivity index (χ4v) is 2.70. The van der Waals surface area contributed by atoms with E-state index in [0.29, 0.717) is 12.1 Å². The van der Waals surface area contributed by atoms with Crippen LogP contribution >= 0.6 is 11.3 Å². The van der Waals surface area contributed by atoms with Crippen LogP contribution in [0.15, 0.2) is 36.4 Å². The lowest BCUT2D eigenvalue weighted by molar-refractivity contribution is -0.384. The highest BCUT2D eigenvalue weighted by atomic mass is 32.1. The average molecular weight is 248 g/mol. The van der Waals surface area contributed by atoms with Gasteiger partial charge in [-0.15, -0.1) is 11.3 Å². The van der Waals surface area contributed by atoms with Crippen molar-refractivity contribution < 1.29 is 4.92 Å². The second kappa shape index (κ2) is 5.07. The first kappa shape index (κ1) is 11.8. The average Bonchev–Trinajstić information content (AvgIpc) is 2.78. The maximum atomic E-state index is 10.9. The summed E-state index contributed by atoms with van der Waals surface area (Å²) in [7, 11) is 0. The maximum absolute atomic E-state index is 10.9. The minimum Gasteiger partial charge on any atom is -0.330 e. The Hall–Kier alpha value is -1.72. The molecule has 17 heavy (non-hydrogen) atoms. The normalized spacial score (nSPS) is 10.4. The Balaban J connectivity index is 2.41. The smallest absolute Gasteiger partial charge is 0.278 e. The number of nitrogens with zero attached hydrogens (tertiary/aromatic N) is 1. The molecule has 2 aromatic rings. The summed E-state index contributed by atoms with van der Waals surface area (Å²) in [5, 5.41) is 10.9. The van der Waals surface area contributed by atoms with Crippen LogP contribution in [0.1, 0.15) is 4.88 Å². The van der Waals surface area contributed by atoms with Crippen LogP contribution < -0.4 is 5.73 Å². The summed E-state index contributed by atoms with van der Waals surface area (Å²) < 4.78 is 0. The zero-order valence-corrected chi connectivity index (χ0v) is 9.94. The van der Waals surface area contributed by atoms with Gasteiger partial charge in [-0.3, -0.25) is 10.1 Å². The van der Waals surface area contributed by atoms with Crippen LogP contribution in [0.25, 0.3) is 10.4 Å². The third kappa shape index (κ3) is 2.51. The molecule has 4 nitrogen and oxygen atoms in total. The van der Waals surface area contributed by atoms with Crippen LogP contribution in [0, 0.1) is 10.1 Å². The van der Waals surface area contributed by atoms with E-state index < -0.39 is 0 Å². The van der Waals surface area contributed by atoms with Gasteiger partial charge in [-0.2, -0.15) is 0 Å². The predicted molar refractivity (Wildman–Crippen MR) is 69.2 cm³/mol. The van der Waals surface area contributed by atoms with E-state index in [2.05, 4.69) is 0 Å². The van der Waals surface area contributed by atoms with Crippen molar-refractivity contribution in [3.05, 3.63) is 51.4 Å². The molecule has 0 aliphatic carbocycles. The van der Waals surface area contributed by atoms with Crippen molar-refractivity contribution in [1.82, 2.24) is 0 Å². The largest absolute Gasteiger partial charge is 0.330 e. The van der Waals surface area contributed by atoms with E-state index in [9.17, 15) is 10.1 Å². The van der Waals surface area contributed by atoms with Gasteiger partial charge in [0.2, 0.25) is 0 Å². The standard InChI is InChI=1S/C12H12N2O2S/c13-8-7-9-5-6-12(17-9)10-3-1-2-4-11(10)14(15)16/h1-6H,7-8,13H2. The van der Waals surface area contributed by atoms with Crippen molar-refractivity contribution in [3.8, 4) is 10.4 Å². The summed E-state index contributed by atoms with van der Waals surface area (Å²) in [5.74, 6) is 0. The molecule has 1 aromatic heterocycles. The highest BCUT2D eigenvalue weighted by Crippen LogP contribution is 2.34. The molecule has 2 rings (SSSR count). The lowest BCUT2D eigenvalue weighted by Crippen LogP contribution is -2.00. The molecule has 0 unspecified atom stereocenters.